The molecule has 0 radical (unpaired) electrons. The number of amides is 1. The van der Waals surface area contributed by atoms with Crippen LogP contribution < -0.4 is 0 Å². The van der Waals surface area contributed by atoms with Gasteiger partial charge in [0.2, 0.25) is 5.91 Å². The second-order valence-electron chi connectivity index (χ2n) is 5.74. The lowest BCUT2D eigenvalue weighted by Crippen LogP contribution is -2.40. The zero-order valence-corrected chi connectivity index (χ0v) is 15.5. The molecule has 0 atom stereocenters. The molecule has 25 heavy (non-hydrogen) atoms. The first-order valence-corrected chi connectivity index (χ1v) is 10.2. The maximum atomic E-state index is 12.6. The molecule has 1 amide bonds. The number of carbonyl (C=O) groups excluding carboxylic acids is 1. The molecule has 0 N–H and O–H groups in total. The normalized spacial score (nSPS) is 16.0. The lowest BCUT2D eigenvalue weighted by molar-refractivity contribution is -0.129. The SMILES string of the molecule is CN(Cc1ccco1)C(=O)Cc1ccc(S(=O)(=O)N2CCOCC2)s1. The first kappa shape index (κ1) is 18.1. The Morgan fingerprint density at radius 1 is 1.28 bits per heavy atom. The minimum absolute atomic E-state index is 0.0893. The molecule has 9 heteroatoms. The lowest BCUT2D eigenvalue weighted by Gasteiger charge is -2.25. The molecule has 1 fully saturated rings. The number of sulfonamides is 1. The molecule has 7 nitrogen and oxygen atoms in total. The van der Waals surface area contributed by atoms with E-state index in [9.17, 15) is 13.2 Å². The van der Waals surface area contributed by atoms with E-state index in [1.54, 1.807) is 36.4 Å². The van der Waals surface area contributed by atoms with Gasteiger partial charge in [0.25, 0.3) is 10.0 Å². The number of ether oxygens (including phenoxy) is 1. The summed E-state index contributed by atoms with van der Waals surface area (Å²) in [4.78, 5) is 14.6. The maximum Gasteiger partial charge on any atom is 0.252 e. The number of likely N-dealkylation sites (N-methyl/N-ethyl adjacent to an activating group) is 1. The van der Waals surface area contributed by atoms with Crippen molar-refractivity contribution < 1.29 is 22.4 Å². The summed E-state index contributed by atoms with van der Waals surface area (Å²) >= 11 is 1.15. The predicted molar refractivity (Wildman–Crippen MR) is 92.8 cm³/mol. The van der Waals surface area contributed by atoms with Gasteiger partial charge in [-0.3, -0.25) is 4.79 Å². The Hall–Kier alpha value is -1.68. The number of carbonyl (C=O) groups is 1. The molecule has 2 aromatic heterocycles. The predicted octanol–water partition coefficient (Wildman–Crippen LogP) is 1.56. The number of rotatable bonds is 6. The van der Waals surface area contributed by atoms with E-state index in [0.717, 1.165) is 16.2 Å². The fourth-order valence-electron chi connectivity index (χ4n) is 2.51. The van der Waals surface area contributed by atoms with Gasteiger partial charge >= 0.3 is 0 Å². The number of hydrogen-bond donors (Lipinski definition) is 0. The van der Waals surface area contributed by atoms with Crippen LogP contribution in [-0.2, 0) is 32.5 Å². The minimum Gasteiger partial charge on any atom is -0.467 e. The third kappa shape index (κ3) is 4.30. The third-order valence-electron chi connectivity index (χ3n) is 3.93. The summed E-state index contributed by atoms with van der Waals surface area (Å²) < 4.78 is 37.3. The van der Waals surface area contributed by atoms with Gasteiger partial charge < -0.3 is 14.1 Å². The minimum atomic E-state index is -3.51. The van der Waals surface area contributed by atoms with Crippen molar-refractivity contribution in [2.45, 2.75) is 17.2 Å². The van der Waals surface area contributed by atoms with Gasteiger partial charge in [0.15, 0.2) is 0 Å². The standard InChI is InChI=1S/C16H20N2O5S2/c1-17(12-13-3-2-8-23-13)15(19)11-14-4-5-16(24-14)25(20,21)18-6-9-22-10-7-18/h2-5,8H,6-7,9-12H2,1H3. The van der Waals surface area contributed by atoms with Gasteiger partial charge in [-0.05, 0) is 24.3 Å². The van der Waals surface area contributed by atoms with Crippen molar-refractivity contribution in [3.05, 3.63) is 41.2 Å². The van der Waals surface area contributed by atoms with Crippen LogP contribution in [0.4, 0.5) is 0 Å². The number of hydrogen-bond acceptors (Lipinski definition) is 6. The highest BCUT2D eigenvalue weighted by molar-refractivity contribution is 7.91. The zero-order valence-electron chi connectivity index (χ0n) is 13.9. The molecule has 0 spiro atoms. The molecule has 2 aromatic rings. The van der Waals surface area contributed by atoms with Crippen LogP contribution >= 0.6 is 11.3 Å². The topological polar surface area (TPSA) is 80.1 Å². The summed E-state index contributed by atoms with van der Waals surface area (Å²) in [7, 11) is -1.81. The molecule has 0 unspecified atom stereocenters. The highest BCUT2D eigenvalue weighted by Crippen LogP contribution is 2.26. The van der Waals surface area contributed by atoms with Crippen molar-refractivity contribution in [1.29, 1.82) is 0 Å². The Balaban J connectivity index is 1.63. The van der Waals surface area contributed by atoms with Crippen LogP contribution in [0.25, 0.3) is 0 Å². The van der Waals surface area contributed by atoms with Gasteiger partial charge in [0.05, 0.1) is 32.4 Å². The van der Waals surface area contributed by atoms with Crippen LogP contribution in [-0.4, -0.2) is 56.9 Å². The summed E-state index contributed by atoms with van der Waals surface area (Å²) in [5.41, 5.74) is 0. The molecule has 1 saturated heterocycles. The van der Waals surface area contributed by atoms with E-state index in [1.807, 2.05) is 6.07 Å². The van der Waals surface area contributed by atoms with E-state index in [1.165, 1.54) is 4.31 Å². The molecule has 0 saturated carbocycles. The monoisotopic (exact) mass is 384 g/mol. The van der Waals surface area contributed by atoms with Gasteiger partial charge in [-0.1, -0.05) is 0 Å². The van der Waals surface area contributed by atoms with Crippen LogP contribution in [0, 0.1) is 0 Å². The van der Waals surface area contributed by atoms with E-state index >= 15 is 0 Å². The Kier molecular flexibility index (Phi) is 5.57. The second-order valence-corrected chi connectivity index (χ2v) is 9.08. The van der Waals surface area contributed by atoms with Crippen LogP contribution in [0.1, 0.15) is 10.6 Å². The van der Waals surface area contributed by atoms with Crippen LogP contribution in [0.15, 0.2) is 39.2 Å². The molecule has 0 aromatic carbocycles. The van der Waals surface area contributed by atoms with Crippen LogP contribution in [0.2, 0.25) is 0 Å². The Morgan fingerprint density at radius 2 is 2.04 bits per heavy atom. The summed E-state index contributed by atoms with van der Waals surface area (Å²) in [6.07, 6.45) is 1.73. The lowest BCUT2D eigenvalue weighted by atomic mass is 10.3. The average molecular weight is 384 g/mol. The molecule has 1 aliphatic heterocycles. The van der Waals surface area contributed by atoms with Crippen molar-refractivity contribution in [2.75, 3.05) is 33.4 Å². The van der Waals surface area contributed by atoms with E-state index in [4.69, 9.17) is 9.15 Å². The van der Waals surface area contributed by atoms with E-state index < -0.39 is 10.0 Å². The Bertz CT molecular complexity index is 807. The van der Waals surface area contributed by atoms with Crippen LogP contribution in [0.5, 0.6) is 0 Å². The number of nitrogens with zero attached hydrogens (tertiary/aromatic N) is 2. The fourth-order valence-corrected chi connectivity index (χ4v) is 5.42. The van der Waals surface area contributed by atoms with Crippen molar-refractivity contribution in [1.82, 2.24) is 9.21 Å². The van der Waals surface area contributed by atoms with Gasteiger partial charge in [-0.25, -0.2) is 8.42 Å². The van der Waals surface area contributed by atoms with Crippen molar-refractivity contribution >= 4 is 27.3 Å². The van der Waals surface area contributed by atoms with E-state index in [2.05, 4.69) is 0 Å². The Morgan fingerprint density at radius 3 is 2.72 bits per heavy atom. The summed E-state index contributed by atoms with van der Waals surface area (Å²) in [5, 5.41) is 0. The second kappa shape index (κ2) is 7.69. The fraction of sp³-hybridized carbons (Fsp3) is 0.438. The molecule has 3 rings (SSSR count). The largest absolute Gasteiger partial charge is 0.467 e. The van der Waals surface area contributed by atoms with Gasteiger partial charge in [0.1, 0.15) is 9.97 Å². The van der Waals surface area contributed by atoms with E-state index in [0.29, 0.717) is 38.6 Å². The summed E-state index contributed by atoms with van der Waals surface area (Å²) in [6, 6.07) is 6.86. The molecule has 0 aliphatic carbocycles. The van der Waals surface area contributed by atoms with Crippen molar-refractivity contribution in [2.24, 2.45) is 0 Å². The first-order chi connectivity index (χ1) is 12.0. The quantitative estimate of drug-likeness (QED) is 0.755. The third-order valence-corrected chi connectivity index (χ3v) is 7.38. The number of furan rings is 1. The molecule has 3 heterocycles. The number of thiophene rings is 1. The molecule has 0 bridgehead atoms. The first-order valence-electron chi connectivity index (χ1n) is 7.90. The van der Waals surface area contributed by atoms with Gasteiger partial charge in [-0.15, -0.1) is 11.3 Å². The molecule has 136 valence electrons. The van der Waals surface area contributed by atoms with E-state index in [-0.39, 0.29) is 16.5 Å². The Labute approximate surface area is 150 Å². The smallest absolute Gasteiger partial charge is 0.252 e. The number of morpholine rings is 1. The zero-order chi connectivity index (χ0) is 17.9. The molecular weight excluding hydrogens is 364 g/mol. The molecular formula is C16H20N2O5S2. The highest BCUT2D eigenvalue weighted by atomic mass is 32.2. The van der Waals surface area contributed by atoms with Crippen LogP contribution in [0.3, 0.4) is 0 Å². The highest BCUT2D eigenvalue weighted by Gasteiger charge is 2.28. The maximum absolute atomic E-state index is 12.6. The van der Waals surface area contributed by atoms with Crippen molar-refractivity contribution in [3.8, 4) is 0 Å². The summed E-state index contributed by atoms with van der Waals surface area (Å²) in [6.45, 7) is 1.93. The average Bonchev–Trinajstić information content (AvgIpc) is 3.27. The summed E-state index contributed by atoms with van der Waals surface area (Å²) in [5.74, 6) is 0.617. The van der Waals surface area contributed by atoms with Crippen molar-refractivity contribution in [3.63, 3.8) is 0 Å². The van der Waals surface area contributed by atoms with Gasteiger partial charge in [0, 0.05) is 25.0 Å². The molecule has 1 aliphatic rings. The van der Waals surface area contributed by atoms with Gasteiger partial charge in [-0.2, -0.15) is 4.31 Å².